The van der Waals surface area contributed by atoms with Gasteiger partial charge in [-0.2, -0.15) is 4.31 Å². The van der Waals surface area contributed by atoms with Crippen LogP contribution in [0.3, 0.4) is 0 Å². The van der Waals surface area contributed by atoms with Gasteiger partial charge in [-0.15, -0.1) is 0 Å². The van der Waals surface area contributed by atoms with Gasteiger partial charge >= 0.3 is 5.97 Å². The number of rotatable bonds is 5. The predicted octanol–water partition coefficient (Wildman–Crippen LogP) is 3.09. The zero-order valence-corrected chi connectivity index (χ0v) is 14.6. The number of sulfonamides is 1. The second-order valence-corrected chi connectivity index (χ2v) is 7.45. The van der Waals surface area contributed by atoms with Crippen molar-refractivity contribution in [2.24, 2.45) is 0 Å². The van der Waals surface area contributed by atoms with Gasteiger partial charge in [0, 0.05) is 13.6 Å². The van der Waals surface area contributed by atoms with Crippen LogP contribution in [-0.4, -0.2) is 32.8 Å². The SMILES string of the molecule is COC(=O)c1ccc(Cl)c(S(=O)(=O)N(C)Cc2cccc(F)c2)c1. The molecular formula is C16H15ClFNO4S. The molecule has 0 saturated carbocycles. The third-order valence-corrected chi connectivity index (χ3v) is 5.62. The van der Waals surface area contributed by atoms with Crippen LogP contribution in [0.2, 0.25) is 5.02 Å². The minimum atomic E-state index is -3.97. The molecule has 0 saturated heterocycles. The lowest BCUT2D eigenvalue weighted by Crippen LogP contribution is -2.27. The highest BCUT2D eigenvalue weighted by Crippen LogP contribution is 2.26. The van der Waals surface area contributed by atoms with Crippen LogP contribution in [0.15, 0.2) is 47.4 Å². The zero-order valence-electron chi connectivity index (χ0n) is 13.0. The lowest BCUT2D eigenvalue weighted by Gasteiger charge is -2.18. The van der Waals surface area contributed by atoms with E-state index < -0.39 is 21.8 Å². The number of hydrogen-bond acceptors (Lipinski definition) is 4. The Hall–Kier alpha value is -1.96. The molecule has 0 fully saturated rings. The summed E-state index contributed by atoms with van der Waals surface area (Å²) in [5.41, 5.74) is 0.556. The number of ether oxygens (including phenoxy) is 1. The maximum absolute atomic E-state index is 13.2. The highest BCUT2D eigenvalue weighted by Gasteiger charge is 2.25. The van der Waals surface area contributed by atoms with Gasteiger partial charge in [0.2, 0.25) is 10.0 Å². The van der Waals surface area contributed by atoms with Gasteiger partial charge in [-0.3, -0.25) is 0 Å². The zero-order chi connectivity index (χ0) is 17.9. The number of hydrogen-bond donors (Lipinski definition) is 0. The normalized spacial score (nSPS) is 11.5. The second-order valence-electron chi connectivity index (χ2n) is 5.03. The van der Waals surface area contributed by atoms with Crippen molar-refractivity contribution in [3.63, 3.8) is 0 Å². The van der Waals surface area contributed by atoms with Crippen molar-refractivity contribution in [1.29, 1.82) is 0 Å². The van der Waals surface area contributed by atoms with E-state index in [2.05, 4.69) is 4.74 Å². The van der Waals surface area contributed by atoms with E-state index in [0.29, 0.717) is 5.56 Å². The van der Waals surface area contributed by atoms with E-state index in [-0.39, 0.29) is 22.0 Å². The predicted molar refractivity (Wildman–Crippen MR) is 87.8 cm³/mol. The highest BCUT2D eigenvalue weighted by molar-refractivity contribution is 7.89. The molecule has 0 heterocycles. The van der Waals surface area contributed by atoms with E-state index >= 15 is 0 Å². The molecule has 24 heavy (non-hydrogen) atoms. The molecule has 0 aliphatic heterocycles. The van der Waals surface area contributed by atoms with E-state index in [4.69, 9.17) is 11.6 Å². The van der Waals surface area contributed by atoms with Crippen LogP contribution in [0.1, 0.15) is 15.9 Å². The van der Waals surface area contributed by atoms with E-state index in [1.54, 1.807) is 6.07 Å². The van der Waals surface area contributed by atoms with Crippen LogP contribution in [-0.2, 0) is 21.3 Å². The van der Waals surface area contributed by atoms with E-state index in [1.165, 1.54) is 44.5 Å². The molecule has 0 aliphatic carbocycles. The number of carbonyl (C=O) groups excluding carboxylic acids is 1. The fourth-order valence-electron chi connectivity index (χ4n) is 2.09. The molecule has 0 radical (unpaired) electrons. The maximum Gasteiger partial charge on any atom is 0.337 e. The Kier molecular flexibility index (Phi) is 5.58. The molecule has 0 spiro atoms. The molecule has 5 nitrogen and oxygen atoms in total. The Bertz CT molecular complexity index is 870. The van der Waals surface area contributed by atoms with Gasteiger partial charge in [-0.25, -0.2) is 17.6 Å². The summed E-state index contributed by atoms with van der Waals surface area (Å²) in [5, 5.41) is -0.0197. The minimum absolute atomic E-state index is 0.0197. The first-order valence-electron chi connectivity index (χ1n) is 6.84. The quantitative estimate of drug-likeness (QED) is 0.758. The van der Waals surface area contributed by atoms with Crippen molar-refractivity contribution >= 4 is 27.6 Å². The summed E-state index contributed by atoms with van der Waals surface area (Å²) in [6.45, 7) is -0.0428. The molecule has 0 aromatic heterocycles. The van der Waals surface area contributed by atoms with Crippen molar-refractivity contribution in [1.82, 2.24) is 4.31 Å². The van der Waals surface area contributed by atoms with Gasteiger partial charge in [0.1, 0.15) is 10.7 Å². The standard InChI is InChI=1S/C16H15ClFNO4S/c1-19(10-11-4-3-5-13(18)8-11)24(21,22)15-9-12(16(20)23-2)6-7-14(15)17/h3-9H,10H2,1-2H3. The molecule has 2 aromatic rings. The van der Waals surface area contributed by atoms with Crippen molar-refractivity contribution in [2.75, 3.05) is 14.2 Å². The number of methoxy groups -OCH3 is 1. The van der Waals surface area contributed by atoms with Gasteiger partial charge in [0.05, 0.1) is 17.7 Å². The summed E-state index contributed by atoms with van der Waals surface area (Å²) >= 11 is 5.98. The number of benzene rings is 2. The Morgan fingerprint density at radius 3 is 2.58 bits per heavy atom. The third kappa shape index (κ3) is 3.92. The molecule has 0 unspecified atom stereocenters. The number of esters is 1. The fourth-order valence-corrected chi connectivity index (χ4v) is 3.75. The lowest BCUT2D eigenvalue weighted by atomic mass is 10.2. The molecule has 0 amide bonds. The summed E-state index contributed by atoms with van der Waals surface area (Å²) in [6, 6.07) is 9.48. The highest BCUT2D eigenvalue weighted by atomic mass is 35.5. The van der Waals surface area contributed by atoms with Crippen LogP contribution in [0.4, 0.5) is 4.39 Å². The van der Waals surface area contributed by atoms with Crippen LogP contribution >= 0.6 is 11.6 Å². The Morgan fingerprint density at radius 1 is 1.25 bits per heavy atom. The topological polar surface area (TPSA) is 63.7 Å². The summed E-state index contributed by atoms with van der Waals surface area (Å²) in [7, 11) is -1.43. The van der Waals surface area contributed by atoms with Gasteiger partial charge in [-0.1, -0.05) is 23.7 Å². The van der Waals surface area contributed by atoms with E-state index in [9.17, 15) is 17.6 Å². The van der Waals surface area contributed by atoms with Gasteiger partial charge in [0.15, 0.2) is 0 Å². The maximum atomic E-state index is 13.2. The average molecular weight is 372 g/mol. The molecule has 128 valence electrons. The van der Waals surface area contributed by atoms with Gasteiger partial charge < -0.3 is 4.74 Å². The summed E-state index contributed by atoms with van der Waals surface area (Å²) in [5.74, 6) is -1.13. The number of nitrogens with zero attached hydrogens (tertiary/aromatic N) is 1. The second kappa shape index (κ2) is 7.29. The molecule has 2 rings (SSSR count). The first-order valence-corrected chi connectivity index (χ1v) is 8.66. The van der Waals surface area contributed by atoms with Crippen LogP contribution < -0.4 is 0 Å². The Balaban J connectivity index is 2.37. The summed E-state index contributed by atoms with van der Waals surface area (Å²) in [4.78, 5) is 11.4. The van der Waals surface area contributed by atoms with Crippen molar-refractivity contribution in [3.05, 3.63) is 64.4 Å². The minimum Gasteiger partial charge on any atom is -0.465 e. The largest absolute Gasteiger partial charge is 0.465 e. The van der Waals surface area contributed by atoms with Gasteiger partial charge in [-0.05, 0) is 35.9 Å². The third-order valence-electron chi connectivity index (χ3n) is 3.33. The molecule has 0 atom stereocenters. The van der Waals surface area contributed by atoms with Gasteiger partial charge in [0.25, 0.3) is 0 Å². The first-order chi connectivity index (χ1) is 11.3. The molecule has 2 aromatic carbocycles. The summed E-state index contributed by atoms with van der Waals surface area (Å²) < 4.78 is 44.3. The monoisotopic (exact) mass is 371 g/mol. The Morgan fingerprint density at radius 2 is 1.96 bits per heavy atom. The summed E-state index contributed by atoms with van der Waals surface area (Å²) in [6.07, 6.45) is 0. The molecular weight excluding hydrogens is 357 g/mol. The lowest BCUT2D eigenvalue weighted by molar-refractivity contribution is 0.0600. The molecule has 0 N–H and O–H groups in total. The van der Waals surface area contributed by atoms with Crippen LogP contribution in [0.5, 0.6) is 0 Å². The van der Waals surface area contributed by atoms with Crippen LogP contribution in [0, 0.1) is 5.82 Å². The van der Waals surface area contributed by atoms with E-state index in [0.717, 1.165) is 10.4 Å². The Labute approximate surface area is 144 Å². The van der Waals surface area contributed by atoms with E-state index in [1.807, 2.05) is 0 Å². The smallest absolute Gasteiger partial charge is 0.337 e. The van der Waals surface area contributed by atoms with Crippen molar-refractivity contribution < 1.29 is 22.3 Å². The first kappa shape index (κ1) is 18.4. The number of carbonyl (C=O) groups is 1. The molecule has 0 aliphatic rings. The van der Waals surface area contributed by atoms with Crippen molar-refractivity contribution in [2.45, 2.75) is 11.4 Å². The molecule has 0 bridgehead atoms. The fraction of sp³-hybridized carbons (Fsp3) is 0.188. The number of halogens is 2. The average Bonchev–Trinajstić information content (AvgIpc) is 2.54. The van der Waals surface area contributed by atoms with Crippen molar-refractivity contribution in [3.8, 4) is 0 Å². The molecule has 8 heteroatoms. The van der Waals surface area contributed by atoms with Crippen LogP contribution in [0.25, 0.3) is 0 Å².